The summed E-state index contributed by atoms with van der Waals surface area (Å²) in [5.74, 6) is 0.336. The molecule has 0 fully saturated rings. The molecule has 1 aromatic rings. The van der Waals surface area contributed by atoms with Crippen molar-refractivity contribution in [2.75, 3.05) is 6.61 Å². The van der Waals surface area contributed by atoms with Gasteiger partial charge in [-0.25, -0.2) is 0 Å². The van der Waals surface area contributed by atoms with Gasteiger partial charge < -0.3 is 9.84 Å². The summed E-state index contributed by atoms with van der Waals surface area (Å²) < 4.78 is 40.5. The Hall–Kier alpha value is -1.23. The van der Waals surface area contributed by atoms with Crippen LogP contribution in [0.2, 0.25) is 0 Å². The lowest BCUT2D eigenvalue weighted by Crippen LogP contribution is -2.13. The zero-order valence-corrected chi connectivity index (χ0v) is 8.79. The van der Waals surface area contributed by atoms with Crippen LogP contribution in [-0.4, -0.2) is 17.9 Å². The maximum absolute atomic E-state index is 11.8. The fraction of sp³-hybridized carbons (Fsp3) is 0.455. The standard InChI is InChI=1S/C11H13F3O2/c1-8(15)9-3-2-4-10(7-9)16-6-5-11(12,13)14/h2-4,7-8,15H,5-6H2,1H3/t8-/m0/s1. The maximum Gasteiger partial charge on any atom is 0.392 e. The number of halogens is 3. The number of aliphatic hydroxyl groups is 1. The lowest BCUT2D eigenvalue weighted by Gasteiger charge is -2.10. The van der Waals surface area contributed by atoms with E-state index in [1.54, 1.807) is 25.1 Å². The molecule has 5 heteroatoms. The van der Waals surface area contributed by atoms with Crippen molar-refractivity contribution < 1.29 is 23.0 Å². The highest BCUT2D eigenvalue weighted by molar-refractivity contribution is 5.29. The molecule has 0 aliphatic heterocycles. The molecule has 0 saturated carbocycles. The number of hydrogen-bond donors (Lipinski definition) is 1. The third-order valence-electron chi connectivity index (χ3n) is 1.99. The predicted molar refractivity (Wildman–Crippen MR) is 53.2 cm³/mol. The Kier molecular flexibility index (Phi) is 4.18. The van der Waals surface area contributed by atoms with Crippen molar-refractivity contribution in [2.45, 2.75) is 25.6 Å². The largest absolute Gasteiger partial charge is 0.493 e. The first-order chi connectivity index (χ1) is 7.38. The van der Waals surface area contributed by atoms with E-state index >= 15 is 0 Å². The van der Waals surface area contributed by atoms with Crippen molar-refractivity contribution in [1.29, 1.82) is 0 Å². The van der Waals surface area contributed by atoms with E-state index in [2.05, 4.69) is 0 Å². The number of benzene rings is 1. The van der Waals surface area contributed by atoms with Crippen LogP contribution >= 0.6 is 0 Å². The van der Waals surface area contributed by atoms with Crippen molar-refractivity contribution in [3.63, 3.8) is 0 Å². The summed E-state index contributed by atoms with van der Waals surface area (Å²) in [5, 5.41) is 9.27. The smallest absolute Gasteiger partial charge is 0.392 e. The molecule has 2 nitrogen and oxygen atoms in total. The van der Waals surface area contributed by atoms with E-state index in [-0.39, 0.29) is 0 Å². The van der Waals surface area contributed by atoms with E-state index in [9.17, 15) is 18.3 Å². The van der Waals surface area contributed by atoms with Crippen LogP contribution < -0.4 is 4.74 Å². The normalized spacial score (nSPS) is 13.6. The minimum absolute atomic E-state index is 0.336. The average molecular weight is 234 g/mol. The first kappa shape index (κ1) is 12.8. The number of aliphatic hydroxyl groups excluding tert-OH is 1. The Bertz CT molecular complexity index is 334. The van der Waals surface area contributed by atoms with Gasteiger partial charge in [-0.3, -0.25) is 0 Å². The van der Waals surface area contributed by atoms with Gasteiger partial charge in [0.15, 0.2) is 0 Å². The second kappa shape index (κ2) is 5.21. The fourth-order valence-electron chi connectivity index (χ4n) is 1.15. The lowest BCUT2D eigenvalue weighted by molar-refractivity contribution is -0.139. The van der Waals surface area contributed by atoms with Crippen LogP contribution in [0.1, 0.15) is 25.0 Å². The molecule has 90 valence electrons. The molecule has 0 aliphatic carbocycles. The molecule has 0 aliphatic rings. The summed E-state index contributed by atoms with van der Waals surface area (Å²) in [6.07, 6.45) is -5.85. The van der Waals surface area contributed by atoms with Crippen LogP contribution in [0, 0.1) is 0 Å². The Morgan fingerprint density at radius 3 is 2.62 bits per heavy atom. The second-order valence-corrected chi connectivity index (χ2v) is 3.46. The minimum Gasteiger partial charge on any atom is -0.493 e. The number of rotatable bonds is 4. The van der Waals surface area contributed by atoms with Gasteiger partial charge in [0.1, 0.15) is 5.75 Å². The van der Waals surface area contributed by atoms with Gasteiger partial charge in [-0.15, -0.1) is 0 Å². The van der Waals surface area contributed by atoms with E-state index in [0.29, 0.717) is 11.3 Å². The molecular formula is C11H13F3O2. The third-order valence-corrected chi connectivity index (χ3v) is 1.99. The topological polar surface area (TPSA) is 29.5 Å². The summed E-state index contributed by atoms with van der Waals surface area (Å²) in [4.78, 5) is 0. The van der Waals surface area contributed by atoms with Crippen LogP contribution in [-0.2, 0) is 0 Å². The van der Waals surface area contributed by atoms with Crippen molar-refractivity contribution in [2.24, 2.45) is 0 Å². The Morgan fingerprint density at radius 2 is 2.06 bits per heavy atom. The monoisotopic (exact) mass is 234 g/mol. The highest BCUT2D eigenvalue weighted by Crippen LogP contribution is 2.22. The molecule has 0 saturated heterocycles. The van der Waals surface area contributed by atoms with Crippen LogP contribution in [0.25, 0.3) is 0 Å². The number of ether oxygens (including phenoxy) is 1. The minimum atomic E-state index is -4.21. The molecule has 0 heterocycles. The van der Waals surface area contributed by atoms with Gasteiger partial charge in [-0.05, 0) is 24.6 Å². The predicted octanol–water partition coefficient (Wildman–Crippen LogP) is 3.07. The number of alkyl halides is 3. The molecule has 0 radical (unpaired) electrons. The van der Waals surface area contributed by atoms with Gasteiger partial charge in [-0.1, -0.05) is 12.1 Å². The first-order valence-electron chi connectivity index (χ1n) is 4.86. The van der Waals surface area contributed by atoms with Gasteiger partial charge in [0.25, 0.3) is 0 Å². The van der Waals surface area contributed by atoms with Gasteiger partial charge >= 0.3 is 6.18 Å². The zero-order valence-electron chi connectivity index (χ0n) is 8.79. The van der Waals surface area contributed by atoms with E-state index in [1.807, 2.05) is 0 Å². The number of hydrogen-bond acceptors (Lipinski definition) is 2. The van der Waals surface area contributed by atoms with Gasteiger partial charge in [0.2, 0.25) is 0 Å². The van der Waals surface area contributed by atoms with Crippen LogP contribution in [0.4, 0.5) is 13.2 Å². The van der Waals surface area contributed by atoms with E-state index in [4.69, 9.17) is 4.74 Å². The van der Waals surface area contributed by atoms with E-state index < -0.39 is 25.3 Å². The Balaban J connectivity index is 2.51. The van der Waals surface area contributed by atoms with E-state index in [1.165, 1.54) is 6.07 Å². The SMILES string of the molecule is C[C@H](O)c1cccc(OCCC(F)(F)F)c1. The van der Waals surface area contributed by atoms with Crippen LogP contribution in [0.3, 0.4) is 0 Å². The molecule has 0 amide bonds. The maximum atomic E-state index is 11.8. The lowest BCUT2D eigenvalue weighted by atomic mass is 10.1. The van der Waals surface area contributed by atoms with Gasteiger partial charge in [0.05, 0.1) is 19.1 Å². The quantitative estimate of drug-likeness (QED) is 0.867. The molecule has 1 atom stereocenters. The molecule has 0 aromatic heterocycles. The summed E-state index contributed by atoms with van der Waals surface area (Å²) in [6, 6.07) is 6.40. The third kappa shape index (κ3) is 4.53. The zero-order chi connectivity index (χ0) is 12.2. The summed E-state index contributed by atoms with van der Waals surface area (Å²) >= 11 is 0. The molecule has 0 spiro atoms. The van der Waals surface area contributed by atoms with Crippen LogP contribution in [0.5, 0.6) is 5.75 Å². The molecule has 1 N–H and O–H groups in total. The molecule has 16 heavy (non-hydrogen) atoms. The Labute approximate surface area is 91.7 Å². The molecular weight excluding hydrogens is 221 g/mol. The van der Waals surface area contributed by atoms with Crippen molar-refractivity contribution in [1.82, 2.24) is 0 Å². The summed E-state index contributed by atoms with van der Waals surface area (Å²) in [5.41, 5.74) is 0.615. The van der Waals surface area contributed by atoms with Crippen LogP contribution in [0.15, 0.2) is 24.3 Å². The Morgan fingerprint density at radius 1 is 1.38 bits per heavy atom. The highest BCUT2D eigenvalue weighted by atomic mass is 19.4. The fourth-order valence-corrected chi connectivity index (χ4v) is 1.15. The second-order valence-electron chi connectivity index (χ2n) is 3.46. The molecule has 0 unspecified atom stereocenters. The van der Waals surface area contributed by atoms with Crippen molar-refractivity contribution >= 4 is 0 Å². The summed E-state index contributed by atoms with van der Waals surface area (Å²) in [6.45, 7) is 1.17. The van der Waals surface area contributed by atoms with Gasteiger partial charge in [0, 0.05) is 0 Å². The van der Waals surface area contributed by atoms with Crippen molar-refractivity contribution in [3.8, 4) is 5.75 Å². The van der Waals surface area contributed by atoms with Crippen molar-refractivity contribution in [3.05, 3.63) is 29.8 Å². The average Bonchev–Trinajstić information content (AvgIpc) is 2.16. The molecule has 1 aromatic carbocycles. The first-order valence-corrected chi connectivity index (χ1v) is 4.86. The summed E-state index contributed by atoms with van der Waals surface area (Å²) in [7, 11) is 0. The molecule has 1 rings (SSSR count). The van der Waals surface area contributed by atoms with E-state index in [0.717, 1.165) is 0 Å². The van der Waals surface area contributed by atoms with Gasteiger partial charge in [-0.2, -0.15) is 13.2 Å². The molecule has 0 bridgehead atoms. The highest BCUT2D eigenvalue weighted by Gasteiger charge is 2.26.